The number of carboxylic acids is 1. The Balaban J connectivity index is 1.56. The predicted molar refractivity (Wildman–Crippen MR) is 126 cm³/mol. The third kappa shape index (κ3) is 4.82. The van der Waals surface area contributed by atoms with Crippen LogP contribution in [0.1, 0.15) is 21.5 Å². The summed E-state index contributed by atoms with van der Waals surface area (Å²) in [7, 11) is 0. The average molecular weight is 484 g/mol. The molecule has 10 heteroatoms. The topological polar surface area (TPSA) is 114 Å². The van der Waals surface area contributed by atoms with Crippen LogP contribution in [0, 0.1) is 0 Å². The maximum atomic E-state index is 12.6. The Morgan fingerprint density at radius 1 is 1.06 bits per heavy atom. The molecule has 0 aliphatic rings. The van der Waals surface area contributed by atoms with E-state index >= 15 is 0 Å². The van der Waals surface area contributed by atoms with Gasteiger partial charge in [0.1, 0.15) is 6.61 Å². The number of nitrogens with one attached hydrogen (secondary N) is 1. The molecule has 1 heterocycles. The third-order valence-electron chi connectivity index (χ3n) is 4.71. The van der Waals surface area contributed by atoms with Crippen LogP contribution in [0.3, 0.4) is 0 Å². The van der Waals surface area contributed by atoms with Gasteiger partial charge in [0.2, 0.25) is 0 Å². The average Bonchev–Trinajstić information content (AvgIpc) is 2.78. The van der Waals surface area contributed by atoms with Crippen molar-refractivity contribution in [3.63, 3.8) is 0 Å². The van der Waals surface area contributed by atoms with Gasteiger partial charge in [0, 0.05) is 0 Å². The van der Waals surface area contributed by atoms with Crippen molar-refractivity contribution >= 4 is 46.3 Å². The van der Waals surface area contributed by atoms with Gasteiger partial charge in [-0.15, -0.1) is 4.68 Å². The van der Waals surface area contributed by atoms with Gasteiger partial charge in [-0.3, -0.25) is 4.79 Å². The molecule has 8 nitrogen and oxygen atoms in total. The summed E-state index contributed by atoms with van der Waals surface area (Å²) in [6, 6.07) is 15.9. The first kappa shape index (κ1) is 22.3. The van der Waals surface area contributed by atoms with Gasteiger partial charge in [-0.05, 0) is 47.5 Å². The highest BCUT2D eigenvalue weighted by molar-refractivity contribution is 6.37. The first-order valence-electron chi connectivity index (χ1n) is 9.56. The molecule has 166 valence electrons. The molecule has 4 rings (SSSR count). The van der Waals surface area contributed by atoms with Gasteiger partial charge in [-0.25, -0.2) is 9.59 Å². The molecule has 0 saturated carbocycles. The van der Waals surface area contributed by atoms with Crippen LogP contribution in [0.25, 0.3) is 10.9 Å². The summed E-state index contributed by atoms with van der Waals surface area (Å²) in [5, 5.41) is 13.7. The van der Waals surface area contributed by atoms with Gasteiger partial charge >= 0.3 is 11.7 Å². The molecular weight excluding hydrogens is 469 g/mol. The zero-order chi connectivity index (χ0) is 23.5. The highest BCUT2D eigenvalue weighted by Gasteiger charge is 2.11. The lowest BCUT2D eigenvalue weighted by Crippen LogP contribution is -2.32. The zero-order valence-corrected chi connectivity index (χ0v) is 18.3. The lowest BCUT2D eigenvalue weighted by Gasteiger charge is -2.11. The van der Waals surface area contributed by atoms with Gasteiger partial charge in [0.05, 0.1) is 32.7 Å². The van der Waals surface area contributed by atoms with Crippen molar-refractivity contribution in [3.05, 3.63) is 108 Å². The van der Waals surface area contributed by atoms with Crippen molar-refractivity contribution in [2.75, 3.05) is 0 Å². The van der Waals surface area contributed by atoms with E-state index in [-0.39, 0.29) is 28.0 Å². The molecule has 0 saturated heterocycles. The smallest absolute Gasteiger partial charge is 0.349 e. The zero-order valence-electron chi connectivity index (χ0n) is 16.8. The van der Waals surface area contributed by atoms with E-state index in [2.05, 4.69) is 10.1 Å². The minimum absolute atomic E-state index is 0.120. The normalized spacial score (nSPS) is 11.2. The highest BCUT2D eigenvalue weighted by Crippen LogP contribution is 2.34. The van der Waals surface area contributed by atoms with E-state index in [1.165, 1.54) is 30.5 Å². The van der Waals surface area contributed by atoms with E-state index in [4.69, 9.17) is 33.0 Å². The predicted octanol–water partition coefficient (Wildman–Crippen LogP) is 4.16. The molecule has 0 aliphatic carbocycles. The third-order valence-corrected chi connectivity index (χ3v) is 5.27. The van der Waals surface area contributed by atoms with Crippen molar-refractivity contribution in [2.24, 2.45) is 5.10 Å². The van der Waals surface area contributed by atoms with Crippen LogP contribution < -0.4 is 16.0 Å². The van der Waals surface area contributed by atoms with E-state index in [0.717, 1.165) is 10.2 Å². The maximum absolute atomic E-state index is 12.6. The number of aromatic amines is 1. The standard InChI is InChI=1S/C23H15Cl2N3O5/c24-17-9-14(11-26-28-21(29)16-3-1-2-4-19(16)27-23(28)32)10-18(25)20(17)33-12-13-5-7-15(8-6-13)22(30)31/h1-11H,12H2,(H,27,32)(H,30,31). The molecule has 1 aromatic heterocycles. The molecule has 0 spiro atoms. The number of benzene rings is 3. The Morgan fingerprint density at radius 3 is 2.39 bits per heavy atom. The second-order valence-corrected chi connectivity index (χ2v) is 7.76. The first-order chi connectivity index (χ1) is 15.8. The van der Waals surface area contributed by atoms with Gasteiger partial charge in [-0.2, -0.15) is 5.10 Å². The summed E-state index contributed by atoms with van der Waals surface area (Å²) in [4.78, 5) is 38.3. The van der Waals surface area contributed by atoms with Crippen LogP contribution >= 0.6 is 23.2 Å². The van der Waals surface area contributed by atoms with Gasteiger partial charge in [0.15, 0.2) is 5.75 Å². The molecular formula is C23H15Cl2N3O5. The number of hydrogen-bond donors (Lipinski definition) is 2. The number of ether oxygens (including phenoxy) is 1. The van der Waals surface area contributed by atoms with Crippen LogP contribution in [0.5, 0.6) is 5.75 Å². The number of para-hydroxylation sites is 1. The molecule has 0 bridgehead atoms. The summed E-state index contributed by atoms with van der Waals surface area (Å²) in [6.45, 7) is 0.120. The molecule has 0 unspecified atom stereocenters. The molecule has 33 heavy (non-hydrogen) atoms. The van der Waals surface area contributed by atoms with Gasteiger partial charge in [0.25, 0.3) is 5.56 Å². The fraction of sp³-hybridized carbons (Fsp3) is 0.0435. The van der Waals surface area contributed by atoms with Crippen LogP contribution in [0.2, 0.25) is 10.0 Å². The molecule has 0 aliphatic heterocycles. The van der Waals surface area contributed by atoms with E-state index in [1.807, 2.05) is 0 Å². The summed E-state index contributed by atoms with van der Waals surface area (Å²) in [6.07, 6.45) is 1.29. The Labute approximate surface area is 196 Å². The van der Waals surface area contributed by atoms with Crippen molar-refractivity contribution < 1.29 is 14.6 Å². The summed E-state index contributed by atoms with van der Waals surface area (Å²) >= 11 is 12.6. The quantitative estimate of drug-likeness (QED) is 0.399. The fourth-order valence-electron chi connectivity index (χ4n) is 3.07. The number of H-pyrrole nitrogens is 1. The first-order valence-corrected chi connectivity index (χ1v) is 10.3. The Morgan fingerprint density at radius 2 is 1.73 bits per heavy atom. The van der Waals surface area contributed by atoms with Gasteiger partial charge in [-0.1, -0.05) is 47.5 Å². The largest absolute Gasteiger partial charge is 0.486 e. The fourth-order valence-corrected chi connectivity index (χ4v) is 3.69. The minimum Gasteiger partial charge on any atom is -0.486 e. The number of carboxylic acid groups (broad SMARTS) is 1. The number of rotatable bonds is 6. The van der Waals surface area contributed by atoms with Crippen molar-refractivity contribution in [2.45, 2.75) is 6.61 Å². The van der Waals surface area contributed by atoms with E-state index in [1.54, 1.807) is 36.4 Å². The molecule has 0 radical (unpaired) electrons. The Hall–Kier alpha value is -3.88. The number of nitrogens with zero attached hydrogens (tertiary/aromatic N) is 2. The lowest BCUT2D eigenvalue weighted by atomic mass is 10.1. The van der Waals surface area contributed by atoms with E-state index < -0.39 is 17.2 Å². The molecule has 0 atom stereocenters. The van der Waals surface area contributed by atoms with Gasteiger partial charge < -0.3 is 14.8 Å². The van der Waals surface area contributed by atoms with Crippen LogP contribution in [-0.2, 0) is 6.61 Å². The molecule has 2 N–H and O–H groups in total. The van der Waals surface area contributed by atoms with Crippen LogP contribution in [-0.4, -0.2) is 27.0 Å². The van der Waals surface area contributed by atoms with E-state index in [9.17, 15) is 14.4 Å². The number of aromatic carboxylic acids is 1. The number of halogens is 2. The lowest BCUT2D eigenvalue weighted by molar-refractivity contribution is 0.0697. The Kier molecular flexibility index (Phi) is 6.30. The monoisotopic (exact) mass is 483 g/mol. The molecule has 0 amide bonds. The Bertz CT molecular complexity index is 1480. The van der Waals surface area contributed by atoms with Crippen LogP contribution in [0.4, 0.5) is 0 Å². The van der Waals surface area contributed by atoms with Crippen molar-refractivity contribution in [1.82, 2.24) is 9.66 Å². The SMILES string of the molecule is O=C(O)c1ccc(COc2c(Cl)cc(C=Nn3c(=O)[nH]c4ccccc4c3=O)cc2Cl)cc1. The number of hydrogen-bond acceptors (Lipinski definition) is 5. The molecule has 3 aromatic carbocycles. The second-order valence-electron chi connectivity index (χ2n) is 6.94. The molecule has 4 aromatic rings. The maximum Gasteiger partial charge on any atom is 0.349 e. The molecule has 0 fully saturated rings. The summed E-state index contributed by atoms with van der Waals surface area (Å²) < 4.78 is 6.41. The number of aromatic nitrogens is 2. The van der Waals surface area contributed by atoms with Crippen molar-refractivity contribution in [1.29, 1.82) is 0 Å². The summed E-state index contributed by atoms with van der Waals surface area (Å²) in [5.74, 6) is -0.780. The van der Waals surface area contributed by atoms with Crippen molar-refractivity contribution in [3.8, 4) is 5.75 Å². The van der Waals surface area contributed by atoms with E-state index in [0.29, 0.717) is 16.5 Å². The highest BCUT2D eigenvalue weighted by atomic mass is 35.5. The number of fused-ring (bicyclic) bond motifs is 1. The van der Waals surface area contributed by atoms with Crippen LogP contribution in [0.15, 0.2) is 75.4 Å². The number of carbonyl (C=O) groups is 1. The second kappa shape index (κ2) is 9.32. The summed E-state index contributed by atoms with van der Waals surface area (Å²) in [5.41, 5.74) is 0.528. The minimum atomic E-state index is -1.02.